The van der Waals surface area contributed by atoms with Gasteiger partial charge < -0.3 is 5.11 Å². The number of hydrogen-bond acceptors (Lipinski definition) is 3. The zero-order valence-corrected chi connectivity index (χ0v) is 13.0. The molecule has 3 rings (SSSR count). The van der Waals surface area contributed by atoms with Gasteiger partial charge in [0.05, 0.1) is 16.1 Å². The number of anilines is 1. The van der Waals surface area contributed by atoms with Gasteiger partial charge in [0.25, 0.3) is 10.0 Å². The van der Waals surface area contributed by atoms with Crippen molar-refractivity contribution in [2.24, 2.45) is 0 Å². The van der Waals surface area contributed by atoms with Crippen molar-refractivity contribution in [3.05, 3.63) is 72.0 Å². The molecule has 0 bridgehead atoms. The first-order chi connectivity index (χ1) is 11.4. The summed E-state index contributed by atoms with van der Waals surface area (Å²) < 4.78 is 40.4. The van der Waals surface area contributed by atoms with Crippen LogP contribution in [-0.2, 0) is 10.0 Å². The Morgan fingerprint density at radius 3 is 2.38 bits per heavy atom. The van der Waals surface area contributed by atoms with Crippen LogP contribution in [0.2, 0.25) is 0 Å². The molecular weight excluding hydrogens is 333 g/mol. The summed E-state index contributed by atoms with van der Waals surface area (Å²) in [5.74, 6) is -2.19. The van der Waals surface area contributed by atoms with E-state index in [-0.39, 0.29) is 10.6 Å². The molecule has 3 aromatic carbocycles. The zero-order valence-electron chi connectivity index (χ0n) is 12.2. The fraction of sp³-hybridized carbons (Fsp3) is 0. The number of carbonyl (C=O) groups is 1. The van der Waals surface area contributed by atoms with Crippen LogP contribution in [0, 0.1) is 5.82 Å². The van der Waals surface area contributed by atoms with Gasteiger partial charge in [0.2, 0.25) is 0 Å². The molecule has 0 saturated carbocycles. The summed E-state index contributed by atoms with van der Waals surface area (Å²) in [4.78, 5) is 11.2. The Hall–Kier alpha value is -2.93. The fourth-order valence-corrected chi connectivity index (χ4v) is 3.44. The molecule has 0 aliphatic carbocycles. The van der Waals surface area contributed by atoms with E-state index >= 15 is 0 Å². The molecule has 0 radical (unpaired) electrons. The third-order valence-corrected chi connectivity index (χ3v) is 4.85. The largest absolute Gasteiger partial charge is 0.478 e. The summed E-state index contributed by atoms with van der Waals surface area (Å²) in [6, 6.07) is 14.7. The molecule has 0 heterocycles. The average molecular weight is 345 g/mol. The smallest absolute Gasteiger partial charge is 0.337 e. The van der Waals surface area contributed by atoms with E-state index in [0.717, 1.165) is 29.0 Å². The predicted octanol–water partition coefficient (Wildman–Crippen LogP) is 3.48. The zero-order chi connectivity index (χ0) is 17.3. The minimum atomic E-state index is -4.01. The molecule has 5 nitrogen and oxygen atoms in total. The standard InChI is InChI=1S/C17H12FNO4S/c18-13-6-8-16(15(10-13)17(20)21)19-24(22,23)14-7-5-11-3-1-2-4-12(11)9-14/h1-10,19H,(H,20,21). The van der Waals surface area contributed by atoms with Crippen molar-refractivity contribution < 1.29 is 22.7 Å². The quantitative estimate of drug-likeness (QED) is 0.758. The van der Waals surface area contributed by atoms with Crippen molar-refractivity contribution in [3.8, 4) is 0 Å². The molecule has 24 heavy (non-hydrogen) atoms. The van der Waals surface area contributed by atoms with E-state index in [4.69, 9.17) is 5.11 Å². The van der Waals surface area contributed by atoms with Crippen molar-refractivity contribution in [2.75, 3.05) is 4.72 Å². The van der Waals surface area contributed by atoms with Gasteiger partial charge in [-0.3, -0.25) is 4.72 Å². The topological polar surface area (TPSA) is 83.5 Å². The first kappa shape index (κ1) is 15.9. The Morgan fingerprint density at radius 2 is 1.67 bits per heavy atom. The van der Waals surface area contributed by atoms with Crippen LogP contribution in [0.1, 0.15) is 10.4 Å². The third kappa shape index (κ3) is 3.07. The molecule has 2 N–H and O–H groups in total. The second-order valence-corrected chi connectivity index (χ2v) is 6.79. The molecule has 0 unspecified atom stereocenters. The molecule has 0 saturated heterocycles. The lowest BCUT2D eigenvalue weighted by atomic mass is 10.1. The van der Waals surface area contributed by atoms with Gasteiger partial charge >= 0.3 is 5.97 Å². The van der Waals surface area contributed by atoms with E-state index in [1.165, 1.54) is 12.1 Å². The van der Waals surface area contributed by atoms with Gasteiger partial charge in [-0.25, -0.2) is 17.6 Å². The molecule has 0 fully saturated rings. The molecule has 0 spiro atoms. The summed E-state index contributed by atoms with van der Waals surface area (Å²) in [5.41, 5.74) is -0.656. The van der Waals surface area contributed by atoms with Gasteiger partial charge in [0, 0.05) is 0 Å². The van der Waals surface area contributed by atoms with E-state index in [1.54, 1.807) is 18.2 Å². The maximum atomic E-state index is 13.2. The third-order valence-electron chi connectivity index (χ3n) is 3.49. The number of benzene rings is 3. The number of rotatable bonds is 4. The van der Waals surface area contributed by atoms with Crippen LogP contribution < -0.4 is 4.72 Å². The Kier molecular flexibility index (Phi) is 3.94. The Morgan fingerprint density at radius 1 is 0.958 bits per heavy atom. The summed E-state index contributed by atoms with van der Waals surface area (Å²) in [6.07, 6.45) is 0. The second kappa shape index (κ2) is 5.93. The van der Waals surface area contributed by atoms with E-state index in [1.807, 2.05) is 12.1 Å². The van der Waals surface area contributed by atoms with E-state index in [2.05, 4.69) is 4.72 Å². The summed E-state index contributed by atoms with van der Waals surface area (Å²) in [5, 5.41) is 10.7. The highest BCUT2D eigenvalue weighted by Gasteiger charge is 2.19. The summed E-state index contributed by atoms with van der Waals surface area (Å²) in [6.45, 7) is 0. The van der Waals surface area contributed by atoms with Gasteiger partial charge in [0.1, 0.15) is 5.82 Å². The van der Waals surface area contributed by atoms with Crippen molar-refractivity contribution >= 4 is 32.5 Å². The number of aromatic carboxylic acids is 1. The number of fused-ring (bicyclic) bond motifs is 1. The fourth-order valence-electron chi connectivity index (χ4n) is 2.32. The SMILES string of the molecule is O=C(O)c1cc(F)ccc1NS(=O)(=O)c1ccc2ccccc2c1. The molecule has 0 aliphatic heterocycles. The number of halogens is 1. The normalized spacial score (nSPS) is 11.4. The highest BCUT2D eigenvalue weighted by molar-refractivity contribution is 7.92. The maximum Gasteiger partial charge on any atom is 0.337 e. The average Bonchev–Trinajstić information content (AvgIpc) is 2.55. The van der Waals surface area contributed by atoms with Gasteiger partial charge in [-0.1, -0.05) is 30.3 Å². The van der Waals surface area contributed by atoms with Crippen LogP contribution in [0.25, 0.3) is 10.8 Å². The van der Waals surface area contributed by atoms with Crippen LogP contribution in [0.15, 0.2) is 65.6 Å². The second-order valence-electron chi connectivity index (χ2n) is 5.11. The molecule has 3 aromatic rings. The number of hydrogen-bond donors (Lipinski definition) is 2. The van der Waals surface area contributed by atoms with Crippen LogP contribution in [0.3, 0.4) is 0 Å². The Balaban J connectivity index is 2.03. The minimum absolute atomic E-state index is 0.0122. The number of carboxylic acid groups (broad SMARTS) is 1. The monoisotopic (exact) mass is 345 g/mol. The summed E-state index contributed by atoms with van der Waals surface area (Å²) >= 11 is 0. The van der Waals surface area contributed by atoms with Gasteiger partial charge in [0.15, 0.2) is 0 Å². The first-order valence-electron chi connectivity index (χ1n) is 6.91. The Bertz CT molecular complexity index is 1050. The highest BCUT2D eigenvalue weighted by atomic mass is 32.2. The lowest BCUT2D eigenvalue weighted by molar-refractivity contribution is 0.0697. The highest BCUT2D eigenvalue weighted by Crippen LogP contribution is 2.24. The Labute approximate surface area is 137 Å². The summed E-state index contributed by atoms with van der Waals surface area (Å²) in [7, 11) is -4.01. The van der Waals surface area contributed by atoms with Crippen molar-refractivity contribution in [2.45, 2.75) is 4.90 Å². The number of carboxylic acids is 1. The van der Waals surface area contributed by atoms with Gasteiger partial charge in [-0.15, -0.1) is 0 Å². The van der Waals surface area contributed by atoms with E-state index in [0.29, 0.717) is 0 Å². The van der Waals surface area contributed by atoms with Crippen LogP contribution in [-0.4, -0.2) is 19.5 Å². The van der Waals surface area contributed by atoms with Gasteiger partial charge in [-0.05, 0) is 41.1 Å². The maximum absolute atomic E-state index is 13.2. The molecule has 7 heteroatoms. The van der Waals surface area contributed by atoms with Crippen LogP contribution in [0.5, 0.6) is 0 Å². The molecule has 0 aliphatic rings. The lowest BCUT2D eigenvalue weighted by Crippen LogP contribution is -2.15. The van der Waals surface area contributed by atoms with Crippen LogP contribution >= 0.6 is 0 Å². The van der Waals surface area contributed by atoms with E-state index in [9.17, 15) is 17.6 Å². The van der Waals surface area contributed by atoms with E-state index < -0.39 is 27.4 Å². The van der Waals surface area contributed by atoms with Crippen LogP contribution in [0.4, 0.5) is 10.1 Å². The lowest BCUT2D eigenvalue weighted by Gasteiger charge is -2.11. The van der Waals surface area contributed by atoms with Crippen molar-refractivity contribution in [1.82, 2.24) is 0 Å². The minimum Gasteiger partial charge on any atom is -0.478 e. The molecule has 0 aromatic heterocycles. The molecule has 122 valence electrons. The van der Waals surface area contributed by atoms with Crippen molar-refractivity contribution in [1.29, 1.82) is 0 Å². The van der Waals surface area contributed by atoms with Gasteiger partial charge in [-0.2, -0.15) is 0 Å². The van der Waals surface area contributed by atoms with Crippen molar-refractivity contribution in [3.63, 3.8) is 0 Å². The predicted molar refractivity (Wildman–Crippen MR) is 88.1 cm³/mol. The number of nitrogens with one attached hydrogen (secondary N) is 1. The number of sulfonamides is 1. The molecular formula is C17H12FNO4S. The molecule has 0 atom stereocenters. The first-order valence-corrected chi connectivity index (χ1v) is 8.39. The molecule has 0 amide bonds.